The Kier molecular flexibility index (Phi) is 21.4. The second-order valence-corrected chi connectivity index (χ2v) is 24.6. The fourth-order valence-corrected chi connectivity index (χ4v) is 14.0. The number of rotatable bonds is 0. The standard InChI is InChI=1S/3C24H30N6/c3*1-3-19-15-21(5-1)23-27-9-13-29(23)11-8-26-18-20-4-2-6-22(16-20)24-28-10-14-30(24)12-7-25-17-19/h3*1-6,15-18,23-24,27-28H,7-14H2/t3*23-,24+. The molecule has 9 heterocycles. The molecular formula is C72H90N18. The molecule has 90 heavy (non-hydrogen) atoms. The Bertz CT molecular complexity index is 2900. The second kappa shape index (κ2) is 31.3. The SMILES string of the molecule is C1=NCCN2CCN[C@@H]2c2cccc(c2)C=NCCN2CCN[C@H]2c2cccc1c2.C1=NCCN2CCN[C@@H]2c2cccc(c2)C=NCCN2CCN[C@H]2c2cccc1c2.C1=NCCN2CCN[C@@H]2c2cccc(c2)C=NCCN2CCN[C@H]2c2cccc1c2. The van der Waals surface area contributed by atoms with Gasteiger partial charge >= 0.3 is 0 Å². The van der Waals surface area contributed by atoms with Crippen molar-refractivity contribution in [3.8, 4) is 0 Å². The van der Waals surface area contributed by atoms with Gasteiger partial charge in [0.1, 0.15) is 0 Å². The molecule has 9 aliphatic rings. The zero-order valence-corrected chi connectivity index (χ0v) is 52.1. The van der Waals surface area contributed by atoms with E-state index in [0.717, 1.165) is 157 Å². The lowest BCUT2D eigenvalue weighted by atomic mass is 10.1. The summed E-state index contributed by atoms with van der Waals surface area (Å²) in [7, 11) is 0. The first-order valence-corrected chi connectivity index (χ1v) is 33.0. The molecule has 0 aromatic heterocycles. The average Bonchev–Trinajstić information content (AvgIpc) is 3.80. The molecule has 6 aromatic carbocycles. The monoisotopic (exact) mass is 1210 g/mol. The Morgan fingerprint density at radius 3 is 0.556 bits per heavy atom. The summed E-state index contributed by atoms with van der Waals surface area (Å²) in [5, 5.41) is 21.8. The van der Waals surface area contributed by atoms with Crippen LogP contribution in [-0.2, 0) is 0 Å². The zero-order chi connectivity index (χ0) is 60.5. The molecule has 0 saturated carbocycles. The molecule has 0 spiro atoms. The van der Waals surface area contributed by atoms with Crippen molar-refractivity contribution in [1.82, 2.24) is 61.3 Å². The molecule has 6 atom stereocenters. The molecule has 0 aliphatic carbocycles. The van der Waals surface area contributed by atoms with Gasteiger partial charge in [-0.3, -0.25) is 91.3 Å². The largest absolute Gasteiger partial charge is 0.297 e. The molecule has 18 heteroatoms. The number of hydrogen-bond acceptors (Lipinski definition) is 18. The molecule has 6 aromatic rings. The summed E-state index contributed by atoms with van der Waals surface area (Å²) in [5.74, 6) is 0. The number of hydrogen-bond donors (Lipinski definition) is 6. The van der Waals surface area contributed by atoms with Crippen LogP contribution in [0.4, 0.5) is 0 Å². The second-order valence-electron chi connectivity index (χ2n) is 24.6. The number of benzene rings is 6. The summed E-state index contributed by atoms with van der Waals surface area (Å²) >= 11 is 0. The maximum absolute atomic E-state index is 4.74. The fraction of sp³-hybridized carbons (Fsp3) is 0.417. The van der Waals surface area contributed by atoms with Crippen molar-refractivity contribution in [1.29, 1.82) is 0 Å². The lowest BCUT2D eigenvalue weighted by Gasteiger charge is -2.24. The molecule has 0 unspecified atom stereocenters. The number of nitrogens with zero attached hydrogens (tertiary/aromatic N) is 12. The Labute approximate surface area is 532 Å². The van der Waals surface area contributed by atoms with Gasteiger partial charge in [-0.05, 0) is 103 Å². The molecule has 18 nitrogen and oxygen atoms in total. The maximum atomic E-state index is 4.74. The minimum Gasteiger partial charge on any atom is -0.297 e. The van der Waals surface area contributed by atoms with Crippen LogP contribution in [-0.4, -0.2) is 224 Å². The topological polar surface area (TPSA) is 166 Å². The van der Waals surface area contributed by atoms with E-state index in [1.807, 2.05) is 37.3 Å². The van der Waals surface area contributed by atoms with Crippen molar-refractivity contribution in [3.05, 3.63) is 212 Å². The van der Waals surface area contributed by atoms with Crippen LogP contribution < -0.4 is 31.9 Å². The number of aliphatic imine (C=N–C) groups is 6. The molecular weight excluding hydrogens is 1120 g/mol. The lowest BCUT2D eigenvalue weighted by molar-refractivity contribution is 0.252. The highest BCUT2D eigenvalue weighted by atomic mass is 15.4. The quantitative estimate of drug-likeness (QED) is 0.103. The van der Waals surface area contributed by atoms with E-state index in [-0.39, 0.29) is 37.0 Å². The van der Waals surface area contributed by atoms with Gasteiger partial charge in [0, 0.05) is 155 Å². The van der Waals surface area contributed by atoms with Crippen LogP contribution in [0.5, 0.6) is 0 Å². The molecule has 15 rings (SSSR count). The summed E-state index contributed by atoms with van der Waals surface area (Å²) in [4.78, 5) is 43.3. The smallest absolute Gasteiger partial charge is 0.0862 e. The van der Waals surface area contributed by atoms with Crippen LogP contribution in [0.2, 0.25) is 0 Å². The molecule has 6 N–H and O–H groups in total. The predicted octanol–water partition coefficient (Wildman–Crippen LogP) is 6.14. The maximum Gasteiger partial charge on any atom is 0.0862 e. The Morgan fingerprint density at radius 1 is 0.222 bits per heavy atom. The minimum absolute atomic E-state index is 0.257. The van der Waals surface area contributed by atoms with Gasteiger partial charge in [-0.15, -0.1) is 0 Å². The van der Waals surface area contributed by atoms with Crippen molar-refractivity contribution < 1.29 is 0 Å². The molecule has 6 saturated heterocycles. The van der Waals surface area contributed by atoms with Gasteiger partial charge in [0.25, 0.3) is 0 Å². The van der Waals surface area contributed by atoms with E-state index in [4.69, 9.17) is 30.0 Å². The van der Waals surface area contributed by atoms with E-state index < -0.39 is 0 Å². The first-order chi connectivity index (χ1) is 44.6. The summed E-state index contributed by atoms with van der Waals surface area (Å²) in [5.41, 5.74) is 14.8. The highest BCUT2D eigenvalue weighted by Crippen LogP contribution is 2.28. The summed E-state index contributed by atoms with van der Waals surface area (Å²) in [6.07, 6.45) is 13.7. The first-order valence-electron chi connectivity index (χ1n) is 33.0. The van der Waals surface area contributed by atoms with Crippen molar-refractivity contribution in [2.24, 2.45) is 30.0 Å². The van der Waals surface area contributed by atoms with Crippen molar-refractivity contribution >= 4 is 37.3 Å². The summed E-state index contributed by atoms with van der Waals surface area (Å²) < 4.78 is 0. The lowest BCUT2D eigenvalue weighted by Crippen LogP contribution is -2.30. The summed E-state index contributed by atoms with van der Waals surface area (Å²) in [6, 6.07) is 52.5. The van der Waals surface area contributed by atoms with Crippen molar-refractivity contribution in [3.63, 3.8) is 0 Å². The van der Waals surface area contributed by atoms with Gasteiger partial charge in [-0.25, -0.2) is 0 Å². The van der Waals surface area contributed by atoms with E-state index in [9.17, 15) is 0 Å². The molecule has 9 aliphatic heterocycles. The Morgan fingerprint density at radius 2 is 0.389 bits per heavy atom. The van der Waals surface area contributed by atoms with Crippen molar-refractivity contribution in [2.75, 3.05) is 157 Å². The molecule has 6 fully saturated rings. The van der Waals surface area contributed by atoms with E-state index in [2.05, 4.69) is 207 Å². The van der Waals surface area contributed by atoms with E-state index in [0.29, 0.717) is 0 Å². The number of fused-ring (bicyclic) bond motifs is 24. The minimum atomic E-state index is 0.257. The van der Waals surface area contributed by atoms with Gasteiger partial charge in [-0.2, -0.15) is 0 Å². The third-order valence-corrected chi connectivity index (χ3v) is 18.5. The zero-order valence-electron chi connectivity index (χ0n) is 52.1. The van der Waals surface area contributed by atoms with Gasteiger partial charge in [0.05, 0.1) is 76.3 Å². The van der Waals surface area contributed by atoms with Crippen LogP contribution in [0.15, 0.2) is 176 Å². The van der Waals surface area contributed by atoms with Crippen LogP contribution in [0.3, 0.4) is 0 Å². The Balaban J connectivity index is 0.000000124. The van der Waals surface area contributed by atoms with Gasteiger partial charge < -0.3 is 0 Å². The molecule has 12 bridgehead atoms. The first kappa shape index (κ1) is 61.7. The average molecular weight is 1210 g/mol. The third-order valence-electron chi connectivity index (χ3n) is 18.5. The highest BCUT2D eigenvalue weighted by molar-refractivity contribution is 5.82. The van der Waals surface area contributed by atoms with Crippen molar-refractivity contribution in [2.45, 2.75) is 37.0 Å². The molecule has 468 valence electrons. The van der Waals surface area contributed by atoms with Gasteiger partial charge in [0.15, 0.2) is 0 Å². The van der Waals surface area contributed by atoms with Crippen LogP contribution >= 0.6 is 0 Å². The Hall–Kier alpha value is -7.14. The molecule has 0 radical (unpaired) electrons. The van der Waals surface area contributed by atoms with E-state index in [1.165, 1.54) is 66.8 Å². The van der Waals surface area contributed by atoms with E-state index >= 15 is 0 Å². The van der Waals surface area contributed by atoms with Gasteiger partial charge in [-0.1, -0.05) is 109 Å². The van der Waals surface area contributed by atoms with Crippen LogP contribution in [0.1, 0.15) is 104 Å². The van der Waals surface area contributed by atoms with Gasteiger partial charge in [0.2, 0.25) is 0 Å². The number of nitrogens with one attached hydrogen (secondary N) is 6. The summed E-state index contributed by atoms with van der Waals surface area (Å²) in [6.45, 7) is 22.9. The fourth-order valence-electron chi connectivity index (χ4n) is 14.0. The van der Waals surface area contributed by atoms with Crippen LogP contribution in [0, 0.1) is 0 Å². The normalized spacial score (nSPS) is 25.5. The predicted molar refractivity (Wildman–Crippen MR) is 367 cm³/mol. The van der Waals surface area contributed by atoms with E-state index in [1.54, 1.807) is 0 Å². The molecule has 0 amide bonds. The third kappa shape index (κ3) is 16.1. The highest BCUT2D eigenvalue weighted by Gasteiger charge is 2.30. The van der Waals surface area contributed by atoms with Crippen LogP contribution in [0.25, 0.3) is 0 Å².